The second kappa shape index (κ2) is 7.27. The van der Waals surface area contributed by atoms with Gasteiger partial charge in [0.15, 0.2) is 0 Å². The van der Waals surface area contributed by atoms with E-state index in [0.717, 1.165) is 42.4 Å². The predicted molar refractivity (Wildman–Crippen MR) is 80.6 cm³/mol. The fourth-order valence-corrected chi connectivity index (χ4v) is 2.30. The van der Waals surface area contributed by atoms with Crippen molar-refractivity contribution in [2.75, 3.05) is 33.9 Å². The molecule has 0 amide bonds. The Morgan fingerprint density at radius 2 is 2.16 bits per heavy atom. The molecule has 1 aromatic rings. The van der Waals surface area contributed by atoms with E-state index in [1.54, 1.807) is 7.11 Å². The van der Waals surface area contributed by atoms with Crippen molar-refractivity contribution in [1.29, 1.82) is 0 Å². The molecule has 1 aliphatic rings. The van der Waals surface area contributed by atoms with E-state index < -0.39 is 0 Å². The Kier molecular flexibility index (Phi) is 5.67. The standard InChI is InChI=1S/C15H22BrNO2/c1-17(7-8-19-11-12-3-4-12)10-13-9-14(18-2)5-6-15(13)16/h5-6,9,12H,3-4,7-8,10-11H2,1-2H3. The largest absolute Gasteiger partial charge is 0.497 e. The van der Waals surface area contributed by atoms with Crippen LogP contribution in [0.4, 0.5) is 0 Å². The first-order chi connectivity index (χ1) is 9.19. The molecule has 0 saturated heterocycles. The van der Waals surface area contributed by atoms with Gasteiger partial charge >= 0.3 is 0 Å². The van der Waals surface area contributed by atoms with E-state index in [2.05, 4.69) is 33.9 Å². The third kappa shape index (κ3) is 5.13. The maximum Gasteiger partial charge on any atom is 0.119 e. The highest BCUT2D eigenvalue weighted by molar-refractivity contribution is 9.10. The summed E-state index contributed by atoms with van der Waals surface area (Å²) in [5, 5.41) is 0. The van der Waals surface area contributed by atoms with E-state index in [9.17, 15) is 0 Å². The molecule has 0 aliphatic heterocycles. The van der Waals surface area contributed by atoms with E-state index in [0.29, 0.717) is 0 Å². The average molecular weight is 328 g/mol. The second-order valence-corrected chi connectivity index (χ2v) is 6.07. The summed E-state index contributed by atoms with van der Waals surface area (Å²) in [6.07, 6.45) is 2.71. The summed E-state index contributed by atoms with van der Waals surface area (Å²) in [6.45, 7) is 3.60. The molecule has 1 aromatic carbocycles. The maximum absolute atomic E-state index is 5.66. The number of methoxy groups -OCH3 is 1. The fourth-order valence-electron chi connectivity index (χ4n) is 1.92. The highest BCUT2D eigenvalue weighted by Gasteiger charge is 2.20. The third-order valence-electron chi connectivity index (χ3n) is 3.36. The second-order valence-electron chi connectivity index (χ2n) is 5.21. The molecule has 3 nitrogen and oxygen atoms in total. The van der Waals surface area contributed by atoms with Crippen molar-refractivity contribution >= 4 is 15.9 Å². The molecule has 19 heavy (non-hydrogen) atoms. The molecule has 0 spiro atoms. The lowest BCUT2D eigenvalue weighted by molar-refractivity contribution is 0.102. The molecule has 0 N–H and O–H groups in total. The van der Waals surface area contributed by atoms with Crippen LogP contribution in [0, 0.1) is 5.92 Å². The van der Waals surface area contributed by atoms with Crippen molar-refractivity contribution in [2.24, 2.45) is 5.92 Å². The van der Waals surface area contributed by atoms with Gasteiger partial charge in [0.1, 0.15) is 5.75 Å². The van der Waals surface area contributed by atoms with E-state index in [1.807, 2.05) is 12.1 Å². The quantitative estimate of drug-likeness (QED) is 0.684. The lowest BCUT2D eigenvalue weighted by atomic mass is 10.2. The first-order valence-corrected chi connectivity index (χ1v) is 7.57. The summed E-state index contributed by atoms with van der Waals surface area (Å²) in [5.41, 5.74) is 1.24. The van der Waals surface area contributed by atoms with Gasteiger partial charge in [-0.2, -0.15) is 0 Å². The first kappa shape index (κ1) is 14.8. The Labute approximate surface area is 124 Å². The van der Waals surface area contributed by atoms with Gasteiger partial charge in [-0.25, -0.2) is 0 Å². The summed E-state index contributed by atoms with van der Waals surface area (Å²) in [5.74, 6) is 1.74. The summed E-state index contributed by atoms with van der Waals surface area (Å²) in [7, 11) is 3.81. The number of benzene rings is 1. The first-order valence-electron chi connectivity index (χ1n) is 6.77. The smallest absolute Gasteiger partial charge is 0.119 e. The molecule has 0 radical (unpaired) electrons. The Morgan fingerprint density at radius 3 is 2.84 bits per heavy atom. The minimum Gasteiger partial charge on any atom is -0.497 e. The highest BCUT2D eigenvalue weighted by Crippen LogP contribution is 2.28. The molecular formula is C15H22BrNO2. The molecule has 1 aliphatic carbocycles. The molecule has 1 saturated carbocycles. The van der Waals surface area contributed by atoms with Gasteiger partial charge in [-0.3, -0.25) is 4.90 Å². The zero-order valence-electron chi connectivity index (χ0n) is 11.7. The van der Waals surface area contributed by atoms with Gasteiger partial charge in [-0.1, -0.05) is 15.9 Å². The van der Waals surface area contributed by atoms with Gasteiger partial charge in [-0.05, 0) is 49.6 Å². The summed E-state index contributed by atoms with van der Waals surface area (Å²) < 4.78 is 12.0. The maximum atomic E-state index is 5.66. The highest BCUT2D eigenvalue weighted by atomic mass is 79.9. The Morgan fingerprint density at radius 1 is 1.37 bits per heavy atom. The third-order valence-corrected chi connectivity index (χ3v) is 4.13. The van der Waals surface area contributed by atoms with Gasteiger partial charge in [-0.15, -0.1) is 0 Å². The monoisotopic (exact) mass is 327 g/mol. The molecule has 1 fully saturated rings. The van der Waals surface area contributed by atoms with Gasteiger partial charge in [0.2, 0.25) is 0 Å². The molecule has 0 bridgehead atoms. The van der Waals surface area contributed by atoms with Crippen LogP contribution in [0.5, 0.6) is 5.75 Å². The van der Waals surface area contributed by atoms with E-state index >= 15 is 0 Å². The van der Waals surface area contributed by atoms with Gasteiger partial charge in [0.25, 0.3) is 0 Å². The molecular weight excluding hydrogens is 306 g/mol. The van der Waals surface area contributed by atoms with Crippen molar-refractivity contribution in [3.8, 4) is 5.75 Å². The molecule has 0 unspecified atom stereocenters. The molecule has 0 aromatic heterocycles. The van der Waals surface area contributed by atoms with Crippen LogP contribution in [-0.2, 0) is 11.3 Å². The number of likely N-dealkylation sites (N-methyl/N-ethyl adjacent to an activating group) is 1. The molecule has 2 rings (SSSR count). The minimum atomic E-state index is 0.814. The van der Waals surface area contributed by atoms with Crippen LogP contribution in [0.15, 0.2) is 22.7 Å². The lowest BCUT2D eigenvalue weighted by Crippen LogP contribution is -2.23. The lowest BCUT2D eigenvalue weighted by Gasteiger charge is -2.18. The number of halogens is 1. The van der Waals surface area contributed by atoms with Crippen molar-refractivity contribution in [3.05, 3.63) is 28.2 Å². The van der Waals surface area contributed by atoms with Gasteiger partial charge in [0, 0.05) is 24.2 Å². The summed E-state index contributed by atoms with van der Waals surface area (Å²) >= 11 is 3.58. The zero-order chi connectivity index (χ0) is 13.7. The number of hydrogen-bond donors (Lipinski definition) is 0. The minimum absolute atomic E-state index is 0.814. The van der Waals surface area contributed by atoms with Crippen LogP contribution >= 0.6 is 15.9 Å². The van der Waals surface area contributed by atoms with Crippen LogP contribution in [0.25, 0.3) is 0 Å². The normalized spacial score (nSPS) is 14.9. The SMILES string of the molecule is COc1ccc(Br)c(CN(C)CCOCC2CC2)c1. The van der Waals surface area contributed by atoms with Crippen molar-refractivity contribution < 1.29 is 9.47 Å². The van der Waals surface area contributed by atoms with Crippen molar-refractivity contribution in [2.45, 2.75) is 19.4 Å². The van der Waals surface area contributed by atoms with E-state index in [4.69, 9.17) is 9.47 Å². The van der Waals surface area contributed by atoms with Crippen LogP contribution in [-0.4, -0.2) is 38.8 Å². The van der Waals surface area contributed by atoms with Crippen LogP contribution < -0.4 is 4.74 Å². The van der Waals surface area contributed by atoms with Crippen LogP contribution in [0.1, 0.15) is 18.4 Å². The van der Waals surface area contributed by atoms with Gasteiger partial charge < -0.3 is 9.47 Å². The van der Waals surface area contributed by atoms with Gasteiger partial charge in [0.05, 0.1) is 13.7 Å². The average Bonchev–Trinajstić information content (AvgIpc) is 3.21. The summed E-state index contributed by atoms with van der Waals surface area (Å²) in [4.78, 5) is 2.27. The van der Waals surface area contributed by atoms with Crippen molar-refractivity contribution in [1.82, 2.24) is 4.90 Å². The Balaban J connectivity index is 1.74. The summed E-state index contributed by atoms with van der Waals surface area (Å²) in [6, 6.07) is 6.07. The topological polar surface area (TPSA) is 21.7 Å². The number of hydrogen-bond acceptors (Lipinski definition) is 3. The molecule has 0 heterocycles. The molecule has 4 heteroatoms. The number of ether oxygens (including phenoxy) is 2. The molecule has 106 valence electrons. The van der Waals surface area contributed by atoms with E-state index in [-0.39, 0.29) is 0 Å². The number of rotatable bonds is 8. The zero-order valence-corrected chi connectivity index (χ0v) is 13.3. The van der Waals surface area contributed by atoms with Crippen LogP contribution in [0.2, 0.25) is 0 Å². The van der Waals surface area contributed by atoms with E-state index in [1.165, 1.54) is 18.4 Å². The number of nitrogens with zero attached hydrogens (tertiary/aromatic N) is 1. The Bertz CT molecular complexity index is 407. The Hall–Kier alpha value is -0.580. The molecule has 0 atom stereocenters. The predicted octanol–water partition coefficient (Wildman–Crippen LogP) is 3.32. The van der Waals surface area contributed by atoms with Crippen molar-refractivity contribution in [3.63, 3.8) is 0 Å². The fraction of sp³-hybridized carbons (Fsp3) is 0.600. The van der Waals surface area contributed by atoms with Crippen LogP contribution in [0.3, 0.4) is 0 Å².